The van der Waals surface area contributed by atoms with Crippen molar-refractivity contribution in [2.24, 2.45) is 0 Å². The van der Waals surface area contributed by atoms with Crippen LogP contribution >= 0.6 is 30.5 Å². The van der Waals surface area contributed by atoms with Gasteiger partial charge in [0, 0.05) is 5.69 Å². The summed E-state index contributed by atoms with van der Waals surface area (Å²) >= 11 is 16.3. The summed E-state index contributed by atoms with van der Waals surface area (Å²) in [6, 6.07) is 9.61. The quantitative estimate of drug-likeness (QED) is 0.170. The van der Waals surface area contributed by atoms with Crippen LogP contribution in [0.25, 0.3) is 0 Å². The Hall–Kier alpha value is -0.950. The predicted octanol–water partition coefficient (Wildman–Crippen LogP) is 13.1. The minimum Gasteiger partial charge on any atom is -0.314 e. The number of alkyl halides is 2. The molecule has 0 radical (unpaired) electrons. The number of hydrogen-bond donors (Lipinski definition) is 0. The zero-order chi connectivity index (χ0) is 33.0. The summed E-state index contributed by atoms with van der Waals surface area (Å²) in [6.07, 6.45) is 21.0. The van der Waals surface area contributed by atoms with Crippen molar-refractivity contribution in [1.82, 2.24) is 0 Å². The number of halogens is 2. The van der Waals surface area contributed by atoms with Gasteiger partial charge in [0.15, 0.2) is 5.28 Å². The van der Waals surface area contributed by atoms with E-state index >= 15 is 0 Å². The summed E-state index contributed by atoms with van der Waals surface area (Å²) in [6.45, 7) is 18.9. The lowest BCUT2D eigenvalue weighted by Gasteiger charge is -2.59. The average Bonchev–Trinajstić information content (AvgIpc) is 3.16. The number of aryl methyl sites for hydroxylation is 6. The van der Waals surface area contributed by atoms with Gasteiger partial charge in [0.1, 0.15) is 0 Å². The third-order valence-corrected chi connectivity index (χ3v) is 21.3. The molecule has 0 aromatic heterocycles. The van der Waals surface area contributed by atoms with Crippen molar-refractivity contribution in [1.29, 1.82) is 0 Å². The molecule has 6 rings (SSSR count). The average molecular weight is 685 g/mol. The Morgan fingerprint density at radius 1 is 0.565 bits per heavy atom. The first kappa shape index (κ1) is 34.9. The molecule has 2 atom stereocenters. The van der Waals surface area contributed by atoms with Gasteiger partial charge in [-0.25, -0.2) is 0 Å². The maximum Gasteiger partial charge on any atom is 0.274 e. The van der Waals surface area contributed by atoms with Crippen LogP contribution in [-0.4, -0.2) is 32.9 Å². The summed E-state index contributed by atoms with van der Waals surface area (Å²) in [7, 11) is -1.77. The lowest BCUT2D eigenvalue weighted by Crippen LogP contribution is -2.60. The van der Waals surface area contributed by atoms with Crippen LogP contribution in [0.2, 0.25) is 0 Å². The maximum absolute atomic E-state index is 8.17. The highest BCUT2D eigenvalue weighted by molar-refractivity contribution is 7.79. The largest absolute Gasteiger partial charge is 0.314 e. The fourth-order valence-electron chi connectivity index (χ4n) is 11.8. The fourth-order valence-corrected chi connectivity index (χ4v) is 22.0. The second-order valence-corrected chi connectivity index (χ2v) is 22.2. The number of nitrogens with zero attached hydrogens (tertiary/aromatic N) is 2. The van der Waals surface area contributed by atoms with E-state index in [9.17, 15) is 0 Å². The van der Waals surface area contributed by atoms with Gasteiger partial charge in [0.2, 0.25) is 0 Å². The molecule has 1 saturated heterocycles. The molecule has 2 aromatic carbocycles. The van der Waals surface area contributed by atoms with E-state index in [1.54, 1.807) is 0 Å². The van der Waals surface area contributed by atoms with Crippen LogP contribution in [0.4, 0.5) is 11.4 Å². The molecule has 254 valence electrons. The van der Waals surface area contributed by atoms with Crippen LogP contribution in [0.3, 0.4) is 0 Å². The second-order valence-electron chi connectivity index (χ2n) is 16.2. The molecule has 4 aliphatic rings. The Kier molecular flexibility index (Phi) is 10.2. The van der Waals surface area contributed by atoms with E-state index in [4.69, 9.17) is 23.2 Å². The molecule has 2 unspecified atom stereocenters. The molecule has 1 aliphatic heterocycles. The third kappa shape index (κ3) is 5.46. The van der Waals surface area contributed by atoms with Gasteiger partial charge in [-0.15, -0.1) is 0 Å². The van der Waals surface area contributed by atoms with Crippen LogP contribution in [0, 0.1) is 41.5 Å². The van der Waals surface area contributed by atoms with Gasteiger partial charge in [0.05, 0.1) is 36.0 Å². The van der Waals surface area contributed by atoms with Crippen LogP contribution in [0.1, 0.15) is 144 Å². The smallest absolute Gasteiger partial charge is 0.274 e. The lowest BCUT2D eigenvalue weighted by molar-refractivity contribution is 0.423. The molecule has 46 heavy (non-hydrogen) atoms. The fraction of sp³-hybridized carbons (Fsp3) is 0.707. The van der Waals surface area contributed by atoms with Gasteiger partial charge < -0.3 is 4.90 Å². The first-order valence-corrected chi connectivity index (χ1v) is 21.6. The molecule has 0 spiro atoms. The first-order valence-electron chi connectivity index (χ1n) is 18.9. The van der Waals surface area contributed by atoms with E-state index in [1.807, 2.05) is 0 Å². The van der Waals surface area contributed by atoms with Crippen molar-refractivity contribution in [3.05, 3.63) is 57.6 Å². The molecule has 0 bridgehead atoms. The van der Waals surface area contributed by atoms with E-state index in [-0.39, 0.29) is 11.3 Å². The maximum atomic E-state index is 8.17. The summed E-state index contributed by atoms with van der Waals surface area (Å²) in [5.41, 5.74) is 12.8. The molecule has 3 aliphatic carbocycles. The van der Waals surface area contributed by atoms with Crippen LogP contribution in [0.15, 0.2) is 24.3 Å². The molecule has 2 nitrogen and oxygen atoms in total. The van der Waals surface area contributed by atoms with Gasteiger partial charge in [-0.3, -0.25) is 4.90 Å². The molecule has 5 heteroatoms. The number of hydrogen-bond acceptors (Lipinski definition) is 2. The summed E-state index contributed by atoms with van der Waals surface area (Å²) < 4.78 is -1.22. The van der Waals surface area contributed by atoms with E-state index < -0.39 is 11.8 Å². The number of rotatable bonds is 6. The van der Waals surface area contributed by atoms with E-state index in [0.29, 0.717) is 0 Å². The molecule has 3 saturated carbocycles. The van der Waals surface area contributed by atoms with Gasteiger partial charge in [-0.1, -0.05) is 77.9 Å². The topological polar surface area (TPSA) is 6.48 Å². The minimum atomic E-state index is -1.77. The second kappa shape index (κ2) is 13.4. The molecule has 4 fully saturated rings. The van der Waals surface area contributed by atoms with Crippen LogP contribution < -0.4 is 9.80 Å². The molecule has 0 N–H and O–H groups in total. The highest BCUT2D eigenvalue weighted by Gasteiger charge is 2.78. The van der Waals surface area contributed by atoms with Crippen molar-refractivity contribution in [2.75, 3.05) is 9.80 Å². The Morgan fingerprint density at radius 2 is 0.891 bits per heavy atom. The van der Waals surface area contributed by atoms with Crippen molar-refractivity contribution < 1.29 is 0 Å². The van der Waals surface area contributed by atoms with Crippen molar-refractivity contribution in [2.45, 2.75) is 185 Å². The Balaban J connectivity index is 1.72. The molecule has 1 heterocycles. The van der Waals surface area contributed by atoms with Crippen LogP contribution in [-0.2, 0) is 0 Å². The van der Waals surface area contributed by atoms with E-state index in [0.717, 1.165) is 17.0 Å². The number of benzene rings is 2. The summed E-state index contributed by atoms with van der Waals surface area (Å²) in [5.74, 6) is 0. The van der Waals surface area contributed by atoms with Gasteiger partial charge in [-0.2, -0.15) is 0 Å². The Morgan fingerprint density at radius 3 is 1.24 bits per heavy atom. The molecule has 2 aromatic rings. The van der Waals surface area contributed by atoms with E-state index in [1.165, 1.54) is 141 Å². The summed E-state index contributed by atoms with van der Waals surface area (Å²) in [5, 5.41) is -0.170. The van der Waals surface area contributed by atoms with Crippen molar-refractivity contribution in [3.8, 4) is 0 Å². The number of anilines is 2. The molecule has 0 amide bonds. The molecular formula is C41H62Cl2N2P+. The summed E-state index contributed by atoms with van der Waals surface area (Å²) in [4.78, 5) is 5.21. The monoisotopic (exact) mass is 683 g/mol. The highest BCUT2D eigenvalue weighted by atomic mass is 35.5. The third-order valence-electron chi connectivity index (χ3n) is 13.2. The minimum absolute atomic E-state index is 0.168. The predicted molar refractivity (Wildman–Crippen MR) is 206 cm³/mol. The first-order chi connectivity index (χ1) is 21.9. The molecular weight excluding hydrogens is 622 g/mol. The van der Waals surface area contributed by atoms with Gasteiger partial charge in [-0.05, 0) is 155 Å². The zero-order valence-electron chi connectivity index (χ0n) is 30.3. The van der Waals surface area contributed by atoms with Gasteiger partial charge >= 0.3 is 0 Å². The van der Waals surface area contributed by atoms with E-state index in [2.05, 4.69) is 89.5 Å². The zero-order valence-corrected chi connectivity index (χ0v) is 32.7. The SMILES string of the molecule is Cc1cc(C)c(N2C(C)C(C)([P+](C3CCCCC3)(C3CCCCC3)C3CCCCC3)N(c3c(C)cc(C)cc3C)C2(Cl)Cl)c(C)c1. The lowest BCUT2D eigenvalue weighted by atomic mass is 9.98. The highest BCUT2D eigenvalue weighted by Crippen LogP contribution is 2.87. The van der Waals surface area contributed by atoms with Gasteiger partial charge in [0.25, 0.3) is 4.58 Å². The standard InChI is InChI=1S/C41H62Cl2N2P/c1-28-24-30(3)38(31(4)25-28)44-34(7)40(8,45(41(44,42)43)39-32(5)26-29(2)27-33(39)6)46(35-18-12-9-13-19-35,36-20-14-10-15-21-36)37-22-16-11-17-23-37/h24-27,34-37H,9-23H2,1-8H3/q+1. The Labute approximate surface area is 292 Å². The van der Waals surface area contributed by atoms with Crippen LogP contribution in [0.5, 0.6) is 0 Å². The van der Waals surface area contributed by atoms with Crippen molar-refractivity contribution in [3.63, 3.8) is 0 Å². The van der Waals surface area contributed by atoms with Crippen molar-refractivity contribution >= 4 is 41.8 Å². The Bertz CT molecular complexity index is 1310. The normalized spacial score (nSPS) is 27.0.